The Morgan fingerprint density at radius 3 is 1.24 bits per heavy atom. The summed E-state index contributed by atoms with van der Waals surface area (Å²) >= 11 is 0. The molecule has 4 saturated carbocycles. The Labute approximate surface area is 160 Å². The molecule has 0 bridgehead atoms. The van der Waals surface area contributed by atoms with Gasteiger partial charge in [0.1, 0.15) is 0 Å². The maximum absolute atomic E-state index is 2.75. The summed E-state index contributed by atoms with van der Waals surface area (Å²) in [6.45, 7) is 2.75. The van der Waals surface area contributed by atoms with Crippen LogP contribution in [0.3, 0.4) is 0 Å². The van der Waals surface area contributed by atoms with Crippen LogP contribution in [-0.4, -0.2) is 34.5 Å². The van der Waals surface area contributed by atoms with Crippen LogP contribution in [0.4, 0.5) is 0 Å². The summed E-state index contributed by atoms with van der Waals surface area (Å²) in [6.07, 6.45) is 27.0. The first-order valence-corrected chi connectivity index (χ1v) is 15.1. The van der Waals surface area contributed by atoms with E-state index in [1.165, 1.54) is 22.6 Å². The molecule has 0 aromatic carbocycles. The molecular formula is C23H42P2. The van der Waals surface area contributed by atoms with Gasteiger partial charge in [0.15, 0.2) is 0 Å². The molecule has 1 unspecified atom stereocenters. The number of hydrogen-bond acceptors (Lipinski definition) is 0. The van der Waals surface area contributed by atoms with Gasteiger partial charge in [0.25, 0.3) is 0 Å². The Balaban J connectivity index is 1.45. The molecule has 4 fully saturated rings. The monoisotopic (exact) mass is 380 g/mol. The third-order valence-corrected chi connectivity index (χ3v) is 16.2. The van der Waals surface area contributed by atoms with Crippen LogP contribution in [0.1, 0.15) is 110 Å². The van der Waals surface area contributed by atoms with Gasteiger partial charge in [-0.15, -0.1) is 0 Å². The second-order valence-corrected chi connectivity index (χ2v) is 15.8. The quantitative estimate of drug-likeness (QED) is 0.391. The average molecular weight is 381 g/mol. The normalized spacial score (nSPS) is 28.9. The van der Waals surface area contributed by atoms with E-state index in [4.69, 9.17) is 0 Å². The summed E-state index contributed by atoms with van der Waals surface area (Å²) in [5.74, 6) is 0. The summed E-state index contributed by atoms with van der Waals surface area (Å²) in [5, 5.41) is 0. The van der Waals surface area contributed by atoms with E-state index in [9.17, 15) is 0 Å². The third-order valence-electron chi connectivity index (χ3n) is 8.06. The highest BCUT2D eigenvalue weighted by molar-refractivity contribution is 7.63. The molecular weight excluding hydrogens is 338 g/mol. The van der Waals surface area contributed by atoms with Crippen molar-refractivity contribution in [2.24, 2.45) is 0 Å². The van der Waals surface area contributed by atoms with Crippen LogP contribution < -0.4 is 0 Å². The van der Waals surface area contributed by atoms with Gasteiger partial charge in [-0.25, -0.2) is 0 Å². The van der Waals surface area contributed by atoms with Crippen LogP contribution in [0.15, 0.2) is 0 Å². The minimum Gasteiger partial charge on any atom is -0.0997 e. The molecule has 4 aliphatic rings. The van der Waals surface area contributed by atoms with Crippen molar-refractivity contribution in [1.82, 2.24) is 0 Å². The topological polar surface area (TPSA) is 0 Å². The van der Waals surface area contributed by atoms with E-state index >= 15 is 0 Å². The van der Waals surface area contributed by atoms with Gasteiger partial charge in [-0.3, -0.25) is 0 Å². The average Bonchev–Trinajstić information content (AvgIpc) is 3.43. The van der Waals surface area contributed by atoms with E-state index in [1.807, 2.05) is 0 Å². The zero-order chi connectivity index (χ0) is 17.1. The van der Waals surface area contributed by atoms with Crippen LogP contribution in [0.5, 0.6) is 0 Å². The SMILES string of the molecule is CC(CP(C1CCCC1)C1CCCC1)P(C1CCCC1)C1CCCC1. The number of rotatable bonds is 7. The van der Waals surface area contributed by atoms with Crippen molar-refractivity contribution >= 4 is 15.8 Å². The molecule has 0 aromatic heterocycles. The van der Waals surface area contributed by atoms with E-state index in [1.54, 1.807) is 109 Å². The third kappa shape index (κ3) is 4.65. The zero-order valence-electron chi connectivity index (χ0n) is 16.8. The van der Waals surface area contributed by atoms with Gasteiger partial charge in [0.05, 0.1) is 0 Å². The van der Waals surface area contributed by atoms with Gasteiger partial charge >= 0.3 is 0 Å². The second-order valence-electron chi connectivity index (χ2n) is 9.75. The molecule has 2 heteroatoms. The van der Waals surface area contributed by atoms with Gasteiger partial charge in [-0.2, -0.15) is 0 Å². The first-order valence-electron chi connectivity index (χ1n) is 11.9. The van der Waals surface area contributed by atoms with Crippen LogP contribution in [0.25, 0.3) is 0 Å². The standard InChI is InChI=1S/C23H42P2/c1-19(25(22-14-6-7-15-22)23-16-8-9-17-23)18-24(20-10-2-3-11-20)21-12-4-5-13-21/h19-23H,2-18H2,1H3. The molecule has 0 radical (unpaired) electrons. The molecule has 0 heterocycles. The molecule has 144 valence electrons. The minimum atomic E-state index is 0.331. The van der Waals surface area contributed by atoms with E-state index in [0.717, 1.165) is 5.66 Å². The molecule has 4 rings (SSSR count). The summed E-state index contributed by atoms with van der Waals surface area (Å²) in [5.41, 5.74) is 5.83. The van der Waals surface area contributed by atoms with Crippen LogP contribution in [0, 0.1) is 0 Å². The maximum Gasteiger partial charge on any atom is -0.0193 e. The Morgan fingerprint density at radius 2 is 0.880 bits per heavy atom. The van der Waals surface area contributed by atoms with E-state index < -0.39 is 0 Å². The van der Waals surface area contributed by atoms with Crippen molar-refractivity contribution in [2.45, 2.75) is 138 Å². The predicted molar refractivity (Wildman–Crippen MR) is 117 cm³/mol. The molecule has 0 saturated heterocycles. The van der Waals surface area contributed by atoms with E-state index in [-0.39, 0.29) is 0 Å². The summed E-state index contributed by atoms with van der Waals surface area (Å²) in [4.78, 5) is 0. The van der Waals surface area contributed by atoms with Crippen LogP contribution >= 0.6 is 15.8 Å². The lowest BCUT2D eigenvalue weighted by Crippen LogP contribution is -2.24. The van der Waals surface area contributed by atoms with E-state index in [2.05, 4.69) is 6.92 Å². The molecule has 0 nitrogen and oxygen atoms in total. The summed E-state index contributed by atoms with van der Waals surface area (Å²) in [6, 6.07) is 0. The first-order chi connectivity index (χ1) is 12.3. The molecule has 4 aliphatic carbocycles. The van der Waals surface area contributed by atoms with Crippen molar-refractivity contribution in [2.75, 3.05) is 6.16 Å². The van der Waals surface area contributed by atoms with Crippen molar-refractivity contribution in [1.29, 1.82) is 0 Å². The minimum absolute atomic E-state index is 0.331. The Hall–Kier alpha value is 0.860. The zero-order valence-corrected chi connectivity index (χ0v) is 18.6. The predicted octanol–water partition coefficient (Wildman–Crippen LogP) is 8.11. The van der Waals surface area contributed by atoms with Crippen molar-refractivity contribution in [3.8, 4) is 0 Å². The van der Waals surface area contributed by atoms with Crippen molar-refractivity contribution in [3.05, 3.63) is 0 Å². The van der Waals surface area contributed by atoms with Crippen LogP contribution in [-0.2, 0) is 0 Å². The lowest BCUT2D eigenvalue weighted by Gasteiger charge is -2.40. The fourth-order valence-corrected chi connectivity index (χ4v) is 16.0. The molecule has 0 amide bonds. The highest BCUT2D eigenvalue weighted by Gasteiger charge is 2.39. The lowest BCUT2D eigenvalue weighted by molar-refractivity contribution is 0.794. The largest absolute Gasteiger partial charge is 0.0997 e. The molecule has 0 aliphatic heterocycles. The van der Waals surface area contributed by atoms with Gasteiger partial charge in [0, 0.05) is 0 Å². The Bertz CT molecular complexity index is 353. The second kappa shape index (κ2) is 9.37. The number of hydrogen-bond donors (Lipinski definition) is 0. The first kappa shape index (κ1) is 19.2. The molecule has 0 spiro atoms. The fraction of sp³-hybridized carbons (Fsp3) is 1.00. The van der Waals surface area contributed by atoms with Gasteiger partial charge < -0.3 is 0 Å². The van der Waals surface area contributed by atoms with Crippen molar-refractivity contribution < 1.29 is 0 Å². The smallest absolute Gasteiger partial charge is 0.0193 e. The summed E-state index contributed by atoms with van der Waals surface area (Å²) < 4.78 is 0. The van der Waals surface area contributed by atoms with Crippen molar-refractivity contribution in [3.63, 3.8) is 0 Å². The highest BCUT2D eigenvalue weighted by Crippen LogP contribution is 2.65. The van der Waals surface area contributed by atoms with Gasteiger partial charge in [0.2, 0.25) is 0 Å². The van der Waals surface area contributed by atoms with E-state index in [0.29, 0.717) is 15.8 Å². The molecule has 0 N–H and O–H groups in total. The molecule has 1 atom stereocenters. The molecule has 25 heavy (non-hydrogen) atoms. The van der Waals surface area contributed by atoms with Crippen LogP contribution in [0.2, 0.25) is 0 Å². The Kier molecular flexibility index (Phi) is 7.19. The fourth-order valence-electron chi connectivity index (χ4n) is 6.89. The Morgan fingerprint density at radius 1 is 0.560 bits per heavy atom. The van der Waals surface area contributed by atoms with Gasteiger partial charge in [-0.05, 0) is 85.8 Å². The highest BCUT2D eigenvalue weighted by atomic mass is 31.1. The summed E-state index contributed by atoms with van der Waals surface area (Å²) in [7, 11) is 0.683. The lowest BCUT2D eigenvalue weighted by atomic mass is 10.3. The van der Waals surface area contributed by atoms with Gasteiger partial charge in [-0.1, -0.05) is 74.1 Å². The molecule has 0 aromatic rings. The maximum atomic E-state index is 2.75.